The Morgan fingerprint density at radius 2 is 0.483 bits per heavy atom. The minimum atomic E-state index is 0.953. The third-order valence-corrected chi connectivity index (χ3v) is 13.8. The second kappa shape index (κ2) is 18.7. The molecule has 5 aromatic heterocycles. The maximum Gasteiger partial charge on any atom is 0.0911 e. The molecule has 0 atom stereocenters. The van der Waals surface area contributed by atoms with E-state index in [1.54, 1.807) is 0 Å². The van der Waals surface area contributed by atoms with E-state index in [9.17, 15) is 0 Å². The van der Waals surface area contributed by atoms with Crippen LogP contribution < -0.4 is 0 Å². The molecule has 0 aliphatic carbocycles. The third kappa shape index (κ3) is 7.02. The summed E-state index contributed by atoms with van der Waals surface area (Å²) >= 11 is 0. The Kier molecular flexibility index (Phi) is 13.7. The maximum atomic E-state index is 5.87. The largest absolute Gasteiger partial charge is 0.352 e. The minimum absolute atomic E-state index is 0.953. The average Bonchev–Trinajstić information content (AvgIpc) is 4.09. The Balaban J connectivity index is 1.88. The van der Waals surface area contributed by atoms with Gasteiger partial charge in [-0.3, -0.25) is 0 Å². The van der Waals surface area contributed by atoms with E-state index >= 15 is 0 Å². The van der Waals surface area contributed by atoms with E-state index in [2.05, 4.69) is 103 Å². The first kappa shape index (κ1) is 43.8. The number of allylic oxidation sites excluding steroid dienone is 4. The summed E-state index contributed by atoms with van der Waals surface area (Å²) in [5.41, 5.74) is 31.9. The molecular weight excluding hydrogens is 733 g/mol. The molecule has 12 bridgehead atoms. The normalized spacial score (nSPS) is 13.4. The molecule has 2 aliphatic rings. The van der Waals surface area contributed by atoms with Gasteiger partial charge in [0.15, 0.2) is 0 Å². The zero-order valence-corrected chi connectivity index (χ0v) is 39.6. The molecule has 0 radical (unpaired) electrons. The fourth-order valence-corrected chi connectivity index (χ4v) is 11.3. The molecule has 4 N–H and O–H groups in total. The predicted octanol–water partition coefficient (Wildman–Crippen LogP) is 15.6. The van der Waals surface area contributed by atoms with Gasteiger partial charge in [0.1, 0.15) is 0 Å². The summed E-state index contributed by atoms with van der Waals surface area (Å²) in [6, 6.07) is 0. The first-order chi connectivity index (χ1) is 29.3. The molecule has 2 aliphatic heterocycles. The van der Waals surface area contributed by atoms with E-state index in [1.807, 2.05) is 0 Å². The topological polar surface area (TPSA) is 88.9 Å². The number of hydrogen-bond acceptors (Lipinski definition) is 2. The van der Waals surface area contributed by atoms with Crippen LogP contribution in [0.3, 0.4) is 0 Å². The van der Waals surface area contributed by atoms with Crippen molar-refractivity contribution in [1.29, 1.82) is 0 Å². The zero-order chi connectivity index (χ0) is 42.8. The van der Waals surface area contributed by atoms with Crippen LogP contribution in [0.25, 0.3) is 66.4 Å². The van der Waals surface area contributed by atoms with Crippen LogP contribution in [-0.4, -0.2) is 29.9 Å². The predicted molar refractivity (Wildman–Crippen MR) is 262 cm³/mol. The van der Waals surface area contributed by atoms with Crippen LogP contribution in [0, 0.1) is 0 Å². The highest BCUT2D eigenvalue weighted by atomic mass is 14.9. The Morgan fingerprint density at radius 1 is 0.250 bits per heavy atom. The molecule has 0 saturated heterocycles. The molecule has 60 heavy (non-hydrogen) atoms. The second-order valence-electron chi connectivity index (χ2n) is 17.5. The van der Waals surface area contributed by atoms with Crippen molar-refractivity contribution in [1.82, 2.24) is 29.9 Å². The fraction of sp³-hybridized carbons (Fsp3) is 0.556. The zero-order valence-electron chi connectivity index (χ0n) is 39.6. The molecule has 7 rings (SSSR count). The third-order valence-electron chi connectivity index (χ3n) is 13.8. The maximum absolute atomic E-state index is 5.87. The highest BCUT2D eigenvalue weighted by Gasteiger charge is 2.30. The van der Waals surface area contributed by atoms with Gasteiger partial charge in [0.25, 0.3) is 0 Å². The monoisotopic (exact) mass is 809 g/mol. The van der Waals surface area contributed by atoms with Crippen molar-refractivity contribution in [3.8, 4) is 0 Å². The Labute approximate surface area is 361 Å². The van der Waals surface area contributed by atoms with Crippen LogP contribution >= 0.6 is 0 Å². The lowest BCUT2D eigenvalue weighted by Crippen LogP contribution is -1.92. The number of aromatic nitrogens is 6. The molecule has 0 aromatic carbocycles. The summed E-state index contributed by atoms with van der Waals surface area (Å²) in [5, 5.41) is 0. The van der Waals surface area contributed by atoms with Crippen LogP contribution in [0.5, 0.6) is 0 Å². The highest BCUT2D eigenvalue weighted by molar-refractivity contribution is 6.06. The molecule has 6 nitrogen and oxygen atoms in total. The number of rotatable bonds is 18. The fourth-order valence-electron chi connectivity index (χ4n) is 11.3. The van der Waals surface area contributed by atoms with E-state index in [1.165, 1.54) is 122 Å². The number of aromatic amines is 4. The molecule has 7 heterocycles. The lowest BCUT2D eigenvalue weighted by Gasteiger charge is -2.07. The van der Waals surface area contributed by atoms with Crippen molar-refractivity contribution in [2.75, 3.05) is 0 Å². The van der Waals surface area contributed by atoms with Crippen molar-refractivity contribution in [3.05, 3.63) is 67.3 Å². The Morgan fingerprint density at radius 3 is 0.750 bits per heavy atom. The van der Waals surface area contributed by atoms with Crippen molar-refractivity contribution in [2.24, 2.45) is 0 Å². The van der Waals surface area contributed by atoms with E-state index in [-0.39, 0.29) is 0 Å². The number of aryl methyl sites for hydroxylation is 8. The van der Waals surface area contributed by atoms with E-state index in [4.69, 9.17) is 9.97 Å². The van der Waals surface area contributed by atoms with Gasteiger partial charge in [-0.05, 0) is 144 Å². The van der Waals surface area contributed by atoms with Crippen molar-refractivity contribution in [2.45, 2.75) is 199 Å². The van der Waals surface area contributed by atoms with Gasteiger partial charge in [0.2, 0.25) is 0 Å². The van der Waals surface area contributed by atoms with Crippen molar-refractivity contribution < 1.29 is 0 Å². The quantitative estimate of drug-likeness (QED) is 0.0710. The van der Waals surface area contributed by atoms with Gasteiger partial charge in [-0.1, -0.05) is 122 Å². The molecule has 0 unspecified atom stereocenters. The van der Waals surface area contributed by atoms with Crippen LogP contribution in [0.4, 0.5) is 0 Å². The van der Waals surface area contributed by atoms with Gasteiger partial charge < -0.3 is 19.9 Å². The van der Waals surface area contributed by atoms with E-state index in [0.29, 0.717) is 0 Å². The molecule has 6 heteroatoms. The van der Waals surface area contributed by atoms with Crippen LogP contribution in [0.1, 0.15) is 215 Å². The first-order valence-corrected chi connectivity index (χ1v) is 24.6. The molecule has 0 saturated carbocycles. The number of nitrogens with zero attached hydrogens (tertiary/aromatic N) is 2. The molecule has 0 fully saturated rings. The SMILES string of the molecule is CCCC1=C(CC)c2nc1c1[nH]c(c(CC)c1CCC)c1[nH]c(c3nc(c4[nH]c(c(CCC)c4CC)c4[nH]c2c(CC)c4CCC)C(CC)=C3CCC)c(CCC)c1CC. The molecule has 5 aromatic rings. The summed E-state index contributed by atoms with van der Waals surface area (Å²) < 4.78 is 0. The summed E-state index contributed by atoms with van der Waals surface area (Å²) in [4.78, 5) is 28.6. The number of nitrogens with one attached hydrogen (secondary N) is 4. The molecule has 322 valence electrons. The first-order valence-electron chi connectivity index (χ1n) is 24.6. The van der Waals surface area contributed by atoms with Gasteiger partial charge in [0.05, 0.1) is 66.9 Å². The molecule has 0 spiro atoms. The van der Waals surface area contributed by atoms with Crippen LogP contribution in [-0.2, 0) is 51.4 Å². The Bertz CT molecular complexity index is 2440. The average molecular weight is 809 g/mol. The summed E-state index contributed by atoms with van der Waals surface area (Å²) in [6.45, 7) is 28.1. The van der Waals surface area contributed by atoms with Gasteiger partial charge in [-0.25, -0.2) is 9.97 Å². The minimum Gasteiger partial charge on any atom is -0.352 e. The Hall–Kier alpha value is -4.32. The summed E-state index contributed by atoms with van der Waals surface area (Å²) in [5.74, 6) is 0. The van der Waals surface area contributed by atoms with Gasteiger partial charge in [-0.15, -0.1) is 0 Å². The smallest absolute Gasteiger partial charge is 0.0911 e. The van der Waals surface area contributed by atoms with Gasteiger partial charge >= 0.3 is 0 Å². The van der Waals surface area contributed by atoms with Crippen molar-refractivity contribution >= 4 is 66.4 Å². The molecular formula is C54H76N6. The standard InChI is InChI=1S/C54H76N6/c1-13-25-37-31(19-7)43-44-33(21-9)39(27-15-3)51(57-44)52-41(29-17-5)35(23-11)47(59-52)48-36(24-12)42(30-18-6)54(60-48)53-40(28-16-4)34(22-10)46(58-53)45-32(20-8)38(26-14-2)50(56-45)49(37)55-43/h55-56,59-60H,13-30H2,1-12H3. The lowest BCUT2D eigenvalue weighted by atomic mass is 9.94. The van der Waals surface area contributed by atoms with Crippen LogP contribution in [0.2, 0.25) is 0 Å². The van der Waals surface area contributed by atoms with Gasteiger partial charge in [0, 0.05) is 0 Å². The number of hydrogen-bond donors (Lipinski definition) is 4. The lowest BCUT2D eigenvalue weighted by molar-refractivity contribution is 0.909. The van der Waals surface area contributed by atoms with Crippen molar-refractivity contribution in [3.63, 3.8) is 0 Å². The number of fused-ring (bicyclic) bond motifs is 18. The van der Waals surface area contributed by atoms with Crippen LogP contribution in [0.15, 0.2) is 0 Å². The second-order valence-corrected chi connectivity index (χ2v) is 17.5. The van der Waals surface area contributed by atoms with Gasteiger partial charge in [-0.2, -0.15) is 0 Å². The summed E-state index contributed by atoms with van der Waals surface area (Å²) in [7, 11) is 0. The van der Waals surface area contributed by atoms with E-state index < -0.39 is 0 Å². The highest BCUT2D eigenvalue weighted by Crippen LogP contribution is 2.45. The number of H-pyrrole nitrogens is 4. The van der Waals surface area contributed by atoms with E-state index in [0.717, 1.165) is 127 Å². The summed E-state index contributed by atoms with van der Waals surface area (Å²) in [6.07, 6.45) is 18.4. The molecule has 0 amide bonds.